The second-order valence-corrected chi connectivity index (χ2v) is 11.8. The van der Waals surface area contributed by atoms with Crippen molar-refractivity contribution in [1.29, 1.82) is 0 Å². The molecule has 4 aromatic rings. The molecule has 0 spiro atoms. The van der Waals surface area contributed by atoms with E-state index >= 15 is 0 Å². The Kier molecular flexibility index (Phi) is 7.63. The Hall–Kier alpha value is -3.79. The minimum atomic E-state index is -1.25. The van der Waals surface area contributed by atoms with Gasteiger partial charge in [0.2, 0.25) is 0 Å². The van der Waals surface area contributed by atoms with Crippen LogP contribution in [0.1, 0.15) is 35.5 Å². The lowest BCUT2D eigenvalue weighted by Gasteiger charge is -2.38. The first-order valence-electron chi connectivity index (χ1n) is 13.4. The van der Waals surface area contributed by atoms with Gasteiger partial charge in [-0.1, -0.05) is 6.07 Å². The highest BCUT2D eigenvalue weighted by Gasteiger charge is 2.23. The van der Waals surface area contributed by atoms with Gasteiger partial charge < -0.3 is 15.1 Å². The Morgan fingerprint density at radius 3 is 2.38 bits per heavy atom. The molecule has 1 aliphatic heterocycles. The Balaban J connectivity index is 1.48. The van der Waals surface area contributed by atoms with Crippen LogP contribution in [0.3, 0.4) is 0 Å². The Morgan fingerprint density at radius 1 is 1.00 bits per heavy atom. The molecule has 4 heterocycles. The maximum atomic E-state index is 14.1. The number of aryl methyl sites for hydroxylation is 3. The fourth-order valence-electron chi connectivity index (χ4n) is 5.37. The largest absolute Gasteiger partial charge is 0.376 e. The number of nitrogens with one attached hydrogen (secondary N) is 1. The molecule has 210 valence electrons. The first-order chi connectivity index (χ1) is 19.0. The lowest BCUT2D eigenvalue weighted by molar-refractivity contribution is 0.601. The van der Waals surface area contributed by atoms with Gasteiger partial charge in [0, 0.05) is 62.7 Å². The summed E-state index contributed by atoms with van der Waals surface area (Å²) < 4.78 is 28.2. The monoisotopic (exact) mass is 562 g/mol. The van der Waals surface area contributed by atoms with Crippen LogP contribution >= 0.6 is 0 Å². The summed E-state index contributed by atoms with van der Waals surface area (Å²) in [7, 11) is 0.562. The zero-order valence-electron chi connectivity index (χ0n) is 23.8. The molecule has 3 aromatic heterocycles. The molecule has 1 aromatic carbocycles. The molecule has 2 atom stereocenters. The maximum Gasteiger partial charge on any atom is 0.259 e. The van der Waals surface area contributed by atoms with Crippen molar-refractivity contribution in [1.82, 2.24) is 14.5 Å². The van der Waals surface area contributed by atoms with E-state index in [1.165, 1.54) is 6.07 Å². The quantitative estimate of drug-likeness (QED) is 0.367. The number of hydrogen-bond acceptors (Lipinski definition) is 7. The van der Waals surface area contributed by atoms with E-state index in [2.05, 4.69) is 37.2 Å². The lowest BCUT2D eigenvalue weighted by atomic mass is 9.97. The summed E-state index contributed by atoms with van der Waals surface area (Å²) in [6.07, 6.45) is 3.34. The number of halogens is 1. The van der Waals surface area contributed by atoms with Gasteiger partial charge in [-0.25, -0.2) is 9.37 Å². The van der Waals surface area contributed by atoms with Crippen molar-refractivity contribution in [3.05, 3.63) is 81.3 Å². The maximum absolute atomic E-state index is 14.1. The first-order valence-corrected chi connectivity index (χ1v) is 14.9. The van der Waals surface area contributed by atoms with Gasteiger partial charge in [-0.3, -0.25) is 18.6 Å². The normalized spacial score (nSPS) is 15.4. The predicted molar refractivity (Wildman–Crippen MR) is 161 cm³/mol. The molecule has 5 rings (SSSR count). The Morgan fingerprint density at radius 2 is 1.70 bits per heavy atom. The second kappa shape index (κ2) is 11.0. The minimum absolute atomic E-state index is 0.0516. The predicted octanol–water partition coefficient (Wildman–Crippen LogP) is 4.63. The van der Waals surface area contributed by atoms with Crippen LogP contribution in [0.2, 0.25) is 0 Å². The average Bonchev–Trinajstić information content (AvgIpc) is 2.93. The van der Waals surface area contributed by atoms with E-state index in [1.807, 2.05) is 46.0 Å². The molecular formula is C30H35FN6O2S. The molecule has 10 heteroatoms. The summed E-state index contributed by atoms with van der Waals surface area (Å²) in [5.41, 5.74) is 4.62. The van der Waals surface area contributed by atoms with Crippen molar-refractivity contribution in [2.24, 2.45) is 7.05 Å². The van der Waals surface area contributed by atoms with E-state index in [0.29, 0.717) is 42.3 Å². The van der Waals surface area contributed by atoms with Gasteiger partial charge in [0.1, 0.15) is 16.7 Å². The van der Waals surface area contributed by atoms with Gasteiger partial charge >= 0.3 is 0 Å². The third-order valence-electron chi connectivity index (χ3n) is 7.60. The SMILES string of the molecule is Cc1cc([C@@H](C)Nc2ccc(C)nc2S(C)=O)c2cc(N3CCN(c4cnc(C)c(F)c4)CC3)n(C)c(=O)c2c1. The van der Waals surface area contributed by atoms with Crippen LogP contribution in [0.25, 0.3) is 10.8 Å². The molecular weight excluding hydrogens is 527 g/mol. The van der Waals surface area contributed by atoms with E-state index in [9.17, 15) is 13.4 Å². The van der Waals surface area contributed by atoms with Gasteiger partial charge in [0.05, 0.1) is 34.1 Å². The summed E-state index contributed by atoms with van der Waals surface area (Å²) in [4.78, 5) is 26.6. The second-order valence-electron chi connectivity index (χ2n) is 10.5. The first kappa shape index (κ1) is 27.8. The summed E-state index contributed by atoms with van der Waals surface area (Å²) in [6.45, 7) is 10.3. The summed E-state index contributed by atoms with van der Waals surface area (Å²) in [5, 5.41) is 5.56. The highest BCUT2D eigenvalue weighted by atomic mass is 32.2. The minimum Gasteiger partial charge on any atom is -0.376 e. The zero-order valence-corrected chi connectivity index (χ0v) is 24.6. The average molecular weight is 563 g/mol. The topological polar surface area (TPSA) is 83.4 Å². The molecule has 0 bridgehead atoms. The van der Waals surface area contributed by atoms with Crippen molar-refractivity contribution in [2.75, 3.05) is 47.6 Å². The van der Waals surface area contributed by atoms with Crippen molar-refractivity contribution in [3.8, 4) is 0 Å². The lowest BCUT2D eigenvalue weighted by Crippen LogP contribution is -2.48. The third-order valence-corrected chi connectivity index (χ3v) is 8.45. The number of pyridine rings is 3. The number of nitrogens with zero attached hydrogens (tertiary/aromatic N) is 5. The Labute approximate surface area is 236 Å². The standard InChI is InChI=1S/C30H35FN6O2S/c1-18-13-23(20(3)34-27-8-7-19(2)33-29(27)40(6)39)24-16-28(35(5)30(38)25(24)14-18)37-11-9-36(10-12-37)22-15-26(31)21(4)32-17-22/h7-8,13-17,20,34H,9-12H2,1-6H3/t20-,40?/m1/s1. The number of anilines is 3. The van der Waals surface area contributed by atoms with Crippen LogP contribution in [-0.4, -0.2) is 51.2 Å². The molecule has 8 nitrogen and oxygen atoms in total. The summed E-state index contributed by atoms with van der Waals surface area (Å²) in [5.74, 6) is 0.538. The van der Waals surface area contributed by atoms with Crippen molar-refractivity contribution in [3.63, 3.8) is 0 Å². The van der Waals surface area contributed by atoms with Crippen LogP contribution < -0.4 is 20.7 Å². The number of aromatic nitrogens is 3. The number of hydrogen-bond donors (Lipinski definition) is 1. The molecule has 1 fully saturated rings. The van der Waals surface area contributed by atoms with Crippen molar-refractivity contribution < 1.29 is 8.60 Å². The smallest absolute Gasteiger partial charge is 0.259 e. The number of rotatable bonds is 6. The van der Waals surface area contributed by atoms with Crippen LogP contribution in [-0.2, 0) is 17.8 Å². The fraction of sp³-hybridized carbons (Fsp3) is 0.367. The number of piperazine rings is 1. The van der Waals surface area contributed by atoms with Gasteiger partial charge in [0.25, 0.3) is 5.56 Å². The molecule has 0 aliphatic carbocycles. The molecule has 1 N–H and O–H groups in total. The van der Waals surface area contributed by atoms with Crippen molar-refractivity contribution in [2.45, 2.75) is 38.8 Å². The third kappa shape index (κ3) is 5.32. The summed E-state index contributed by atoms with van der Waals surface area (Å²) >= 11 is 0. The molecule has 0 radical (unpaired) electrons. The number of benzene rings is 1. The molecule has 1 aliphatic rings. The fourth-order valence-corrected chi connectivity index (χ4v) is 6.08. The Bertz CT molecular complexity index is 1680. The highest BCUT2D eigenvalue weighted by Crippen LogP contribution is 2.31. The van der Waals surface area contributed by atoms with E-state index in [4.69, 9.17) is 0 Å². The van der Waals surface area contributed by atoms with Crippen LogP contribution in [0.15, 0.2) is 52.4 Å². The summed E-state index contributed by atoms with van der Waals surface area (Å²) in [6, 6.07) is 11.3. The molecule has 0 amide bonds. The highest BCUT2D eigenvalue weighted by molar-refractivity contribution is 7.84. The van der Waals surface area contributed by atoms with E-state index < -0.39 is 10.8 Å². The van der Waals surface area contributed by atoms with Gasteiger partial charge in [-0.15, -0.1) is 0 Å². The molecule has 1 unspecified atom stereocenters. The van der Waals surface area contributed by atoms with Gasteiger partial charge in [0.15, 0.2) is 0 Å². The van der Waals surface area contributed by atoms with E-state index in [-0.39, 0.29) is 17.4 Å². The van der Waals surface area contributed by atoms with Crippen LogP contribution in [0, 0.1) is 26.6 Å². The molecule has 1 saturated heterocycles. The van der Waals surface area contributed by atoms with Crippen molar-refractivity contribution >= 4 is 38.8 Å². The van der Waals surface area contributed by atoms with Gasteiger partial charge in [-0.05, 0) is 68.5 Å². The number of fused-ring (bicyclic) bond motifs is 1. The van der Waals surface area contributed by atoms with Gasteiger partial charge in [-0.2, -0.15) is 0 Å². The van der Waals surface area contributed by atoms with Crippen LogP contribution in [0.5, 0.6) is 0 Å². The van der Waals surface area contributed by atoms with E-state index in [0.717, 1.165) is 39.4 Å². The van der Waals surface area contributed by atoms with Crippen LogP contribution in [0.4, 0.5) is 21.6 Å². The van der Waals surface area contributed by atoms with E-state index in [1.54, 1.807) is 23.9 Å². The molecule has 40 heavy (non-hydrogen) atoms. The zero-order chi connectivity index (χ0) is 28.7. The molecule has 0 saturated carbocycles.